The summed E-state index contributed by atoms with van der Waals surface area (Å²) in [5.41, 5.74) is 6.72. The highest BCUT2D eigenvalue weighted by Gasteiger charge is 2.20. The monoisotopic (exact) mass is 345 g/mol. The van der Waals surface area contributed by atoms with Gasteiger partial charge in [-0.15, -0.1) is 0 Å². The van der Waals surface area contributed by atoms with Gasteiger partial charge in [-0.2, -0.15) is 0 Å². The average Bonchev–Trinajstić information content (AvgIpc) is 2.33. The Kier molecular flexibility index (Phi) is 4.23. The van der Waals surface area contributed by atoms with Gasteiger partial charge < -0.3 is 5.73 Å². The molecule has 0 saturated heterocycles. The lowest BCUT2D eigenvalue weighted by molar-refractivity contribution is 0.538. The average molecular weight is 347 g/mol. The first-order valence-corrected chi connectivity index (χ1v) is 6.73. The van der Waals surface area contributed by atoms with Crippen LogP contribution in [0.4, 0.5) is 8.78 Å². The van der Waals surface area contributed by atoms with Crippen molar-refractivity contribution >= 4 is 27.5 Å². The standard InChI is InChI=1S/C14H11BrClF2N/c1-7-2-3-11(17)12(13(7)18)14(19)8-4-9(15)6-10(16)5-8/h2-6,14H,19H2,1H3. The molecule has 2 aromatic carbocycles. The highest BCUT2D eigenvalue weighted by atomic mass is 79.9. The van der Waals surface area contributed by atoms with E-state index < -0.39 is 17.7 Å². The molecule has 0 heterocycles. The van der Waals surface area contributed by atoms with E-state index >= 15 is 0 Å². The van der Waals surface area contributed by atoms with Crippen LogP contribution in [0.25, 0.3) is 0 Å². The Morgan fingerprint density at radius 1 is 1.21 bits per heavy atom. The summed E-state index contributed by atoms with van der Waals surface area (Å²) in [7, 11) is 0. The molecule has 0 radical (unpaired) electrons. The van der Waals surface area contributed by atoms with Crippen LogP contribution in [0.3, 0.4) is 0 Å². The summed E-state index contributed by atoms with van der Waals surface area (Å²) in [5.74, 6) is -1.28. The maximum atomic E-state index is 14.0. The fourth-order valence-electron chi connectivity index (χ4n) is 1.88. The molecule has 2 N–H and O–H groups in total. The molecule has 19 heavy (non-hydrogen) atoms. The SMILES string of the molecule is Cc1ccc(F)c(C(N)c2cc(Cl)cc(Br)c2)c1F. The third-order valence-electron chi connectivity index (χ3n) is 2.87. The Morgan fingerprint density at radius 2 is 1.89 bits per heavy atom. The summed E-state index contributed by atoms with van der Waals surface area (Å²) < 4.78 is 28.5. The van der Waals surface area contributed by atoms with Crippen molar-refractivity contribution < 1.29 is 8.78 Å². The van der Waals surface area contributed by atoms with E-state index in [1.807, 2.05) is 0 Å². The minimum absolute atomic E-state index is 0.144. The summed E-state index contributed by atoms with van der Waals surface area (Å²) in [5, 5.41) is 0.452. The van der Waals surface area contributed by atoms with E-state index in [-0.39, 0.29) is 5.56 Å². The molecule has 2 aromatic rings. The number of hydrogen-bond acceptors (Lipinski definition) is 1. The lowest BCUT2D eigenvalue weighted by Crippen LogP contribution is -2.16. The maximum absolute atomic E-state index is 14.0. The lowest BCUT2D eigenvalue weighted by Gasteiger charge is -2.16. The second-order valence-electron chi connectivity index (χ2n) is 4.27. The zero-order chi connectivity index (χ0) is 14.2. The zero-order valence-electron chi connectivity index (χ0n) is 10.1. The molecule has 0 bridgehead atoms. The van der Waals surface area contributed by atoms with E-state index in [0.717, 1.165) is 0 Å². The molecule has 0 amide bonds. The van der Waals surface area contributed by atoms with Gasteiger partial charge in [0.1, 0.15) is 11.6 Å². The van der Waals surface area contributed by atoms with Crippen LogP contribution < -0.4 is 5.73 Å². The molecule has 2 rings (SSSR count). The topological polar surface area (TPSA) is 26.0 Å². The van der Waals surface area contributed by atoms with Crippen molar-refractivity contribution in [3.05, 3.63) is 68.2 Å². The van der Waals surface area contributed by atoms with Crippen LogP contribution in [-0.4, -0.2) is 0 Å². The van der Waals surface area contributed by atoms with Gasteiger partial charge in [-0.1, -0.05) is 33.6 Å². The molecular weight excluding hydrogens is 336 g/mol. The van der Waals surface area contributed by atoms with Crippen LogP contribution in [-0.2, 0) is 0 Å². The van der Waals surface area contributed by atoms with Crippen molar-refractivity contribution in [3.63, 3.8) is 0 Å². The van der Waals surface area contributed by atoms with E-state index in [2.05, 4.69) is 15.9 Å². The Hall–Kier alpha value is -0.970. The third-order valence-corrected chi connectivity index (χ3v) is 3.55. The van der Waals surface area contributed by atoms with Crippen LogP contribution in [0.2, 0.25) is 5.02 Å². The van der Waals surface area contributed by atoms with Crippen molar-refractivity contribution in [2.75, 3.05) is 0 Å². The van der Waals surface area contributed by atoms with Crippen molar-refractivity contribution in [1.29, 1.82) is 0 Å². The Labute approximate surface area is 123 Å². The smallest absolute Gasteiger partial charge is 0.134 e. The predicted molar refractivity (Wildman–Crippen MR) is 76.3 cm³/mol. The van der Waals surface area contributed by atoms with Gasteiger partial charge in [0.2, 0.25) is 0 Å². The van der Waals surface area contributed by atoms with E-state index in [0.29, 0.717) is 20.6 Å². The van der Waals surface area contributed by atoms with Gasteiger partial charge in [0.25, 0.3) is 0 Å². The highest BCUT2D eigenvalue weighted by Crippen LogP contribution is 2.30. The van der Waals surface area contributed by atoms with Gasteiger partial charge in [-0.3, -0.25) is 0 Å². The molecule has 1 atom stereocenters. The number of rotatable bonds is 2. The van der Waals surface area contributed by atoms with Crippen LogP contribution >= 0.6 is 27.5 Å². The molecule has 0 aliphatic rings. The Morgan fingerprint density at radius 3 is 2.53 bits per heavy atom. The number of nitrogens with two attached hydrogens (primary N) is 1. The molecule has 5 heteroatoms. The van der Waals surface area contributed by atoms with E-state index in [9.17, 15) is 8.78 Å². The molecule has 0 aliphatic carbocycles. The molecule has 0 saturated carbocycles. The van der Waals surface area contributed by atoms with Crippen LogP contribution in [0, 0.1) is 18.6 Å². The van der Waals surface area contributed by atoms with Crippen LogP contribution in [0.15, 0.2) is 34.8 Å². The van der Waals surface area contributed by atoms with Crippen LogP contribution in [0.1, 0.15) is 22.7 Å². The normalized spacial score (nSPS) is 12.5. The number of halogens is 4. The van der Waals surface area contributed by atoms with Gasteiger partial charge >= 0.3 is 0 Å². The maximum Gasteiger partial charge on any atom is 0.134 e. The fourth-order valence-corrected chi connectivity index (χ4v) is 2.77. The summed E-state index contributed by atoms with van der Waals surface area (Å²) in [4.78, 5) is 0. The van der Waals surface area contributed by atoms with Gasteiger partial charge in [0, 0.05) is 15.1 Å². The minimum Gasteiger partial charge on any atom is -0.320 e. The van der Waals surface area contributed by atoms with Crippen LogP contribution in [0.5, 0.6) is 0 Å². The van der Waals surface area contributed by atoms with Gasteiger partial charge in [0.05, 0.1) is 6.04 Å². The van der Waals surface area contributed by atoms with Crippen molar-refractivity contribution in [2.45, 2.75) is 13.0 Å². The number of aryl methyl sites for hydroxylation is 1. The first kappa shape index (κ1) is 14.4. The van der Waals surface area contributed by atoms with Crippen molar-refractivity contribution in [1.82, 2.24) is 0 Å². The molecular formula is C14H11BrClF2N. The quantitative estimate of drug-likeness (QED) is 0.835. The van der Waals surface area contributed by atoms with Crippen molar-refractivity contribution in [2.24, 2.45) is 5.73 Å². The Bertz CT molecular complexity index is 611. The molecule has 1 unspecified atom stereocenters. The molecule has 100 valence electrons. The fraction of sp³-hybridized carbons (Fsp3) is 0.143. The van der Waals surface area contributed by atoms with E-state index in [1.54, 1.807) is 25.1 Å². The summed E-state index contributed by atoms with van der Waals surface area (Å²) in [6.45, 7) is 1.57. The first-order valence-electron chi connectivity index (χ1n) is 5.56. The molecule has 1 nitrogen and oxygen atoms in total. The van der Waals surface area contributed by atoms with Gasteiger partial charge in [0.15, 0.2) is 0 Å². The van der Waals surface area contributed by atoms with E-state index in [4.69, 9.17) is 17.3 Å². The summed E-state index contributed by atoms with van der Waals surface area (Å²) in [6.07, 6.45) is 0. The Balaban J connectivity index is 2.55. The zero-order valence-corrected chi connectivity index (χ0v) is 12.4. The first-order chi connectivity index (χ1) is 8.90. The molecule has 0 fully saturated rings. The van der Waals surface area contributed by atoms with E-state index in [1.165, 1.54) is 12.1 Å². The summed E-state index contributed by atoms with van der Waals surface area (Å²) >= 11 is 9.20. The molecule has 0 spiro atoms. The largest absolute Gasteiger partial charge is 0.320 e. The number of hydrogen-bond donors (Lipinski definition) is 1. The second kappa shape index (κ2) is 5.57. The van der Waals surface area contributed by atoms with Crippen molar-refractivity contribution in [3.8, 4) is 0 Å². The van der Waals surface area contributed by atoms with Gasteiger partial charge in [-0.05, 0) is 42.3 Å². The highest BCUT2D eigenvalue weighted by molar-refractivity contribution is 9.10. The minimum atomic E-state index is -0.908. The second-order valence-corrected chi connectivity index (χ2v) is 5.62. The lowest BCUT2D eigenvalue weighted by atomic mass is 9.97. The third kappa shape index (κ3) is 2.96. The predicted octanol–water partition coefficient (Wildman–Crippen LogP) is 4.74. The summed E-state index contributed by atoms with van der Waals surface area (Å²) in [6, 6.07) is 6.66. The molecule has 0 aromatic heterocycles. The number of benzene rings is 2. The van der Waals surface area contributed by atoms with Gasteiger partial charge in [-0.25, -0.2) is 8.78 Å². The molecule has 0 aliphatic heterocycles.